The number of nitrogens with two attached hydrogens (primary N) is 1. The summed E-state index contributed by atoms with van der Waals surface area (Å²) in [7, 11) is 1.62. The fraction of sp³-hybridized carbons (Fsp3) is 0.417. The summed E-state index contributed by atoms with van der Waals surface area (Å²) in [6.45, 7) is 1.40. The highest BCUT2D eigenvalue weighted by molar-refractivity contribution is 7.15. The Morgan fingerprint density at radius 1 is 1.29 bits per heavy atom. The Morgan fingerprint density at radius 2 is 2.06 bits per heavy atom. The first-order valence-corrected chi connectivity index (χ1v) is 11.9. The quantitative estimate of drug-likeness (QED) is 0.418. The van der Waals surface area contributed by atoms with Gasteiger partial charge in [0.05, 0.1) is 18.0 Å². The Kier molecular flexibility index (Phi) is 8.31. The molecular weight excluding hydrogens is 497 g/mol. The van der Waals surface area contributed by atoms with Crippen molar-refractivity contribution in [3.05, 3.63) is 50.6 Å². The van der Waals surface area contributed by atoms with Crippen molar-refractivity contribution in [3.63, 3.8) is 0 Å². The summed E-state index contributed by atoms with van der Waals surface area (Å²) in [5.41, 5.74) is 7.99. The number of aryl methyl sites for hydroxylation is 1. The van der Waals surface area contributed by atoms with Crippen molar-refractivity contribution < 1.29 is 14.6 Å². The number of carboxylic acid groups (broad SMARTS) is 1. The number of benzene rings is 1. The molecule has 0 aliphatic heterocycles. The van der Waals surface area contributed by atoms with E-state index in [-0.39, 0.29) is 36.4 Å². The normalized spacial score (nSPS) is 16.9. The second-order valence-corrected chi connectivity index (χ2v) is 9.67. The van der Waals surface area contributed by atoms with E-state index in [0.717, 1.165) is 49.1 Å². The van der Waals surface area contributed by atoms with Crippen LogP contribution in [0.3, 0.4) is 0 Å². The summed E-state index contributed by atoms with van der Waals surface area (Å²) >= 11 is 1.77. The molecule has 1 fully saturated rings. The minimum atomic E-state index is -1.20. The van der Waals surface area contributed by atoms with Crippen LogP contribution in [-0.4, -0.2) is 35.8 Å². The molecule has 4 N–H and O–H groups in total. The zero-order valence-corrected chi connectivity index (χ0v) is 21.3. The van der Waals surface area contributed by atoms with E-state index in [4.69, 9.17) is 10.5 Å². The van der Waals surface area contributed by atoms with Gasteiger partial charge in [-0.3, -0.25) is 4.79 Å². The van der Waals surface area contributed by atoms with E-state index in [0.29, 0.717) is 29.2 Å². The van der Waals surface area contributed by atoms with E-state index >= 15 is 0 Å². The van der Waals surface area contributed by atoms with Gasteiger partial charge in [-0.05, 0) is 55.9 Å². The third-order valence-electron chi connectivity index (χ3n) is 6.44. The lowest BCUT2D eigenvalue weighted by Gasteiger charge is -2.23. The number of hydrogen-bond donors (Lipinski definition) is 3. The second-order valence-electron chi connectivity index (χ2n) is 8.53. The van der Waals surface area contributed by atoms with Gasteiger partial charge in [-0.1, -0.05) is 0 Å². The molecule has 1 atom stereocenters. The number of aromatic carboxylic acids is 1. The fourth-order valence-corrected chi connectivity index (χ4v) is 6.06. The van der Waals surface area contributed by atoms with Crippen molar-refractivity contribution in [3.8, 4) is 16.2 Å². The van der Waals surface area contributed by atoms with E-state index in [1.807, 2.05) is 10.6 Å². The molecule has 1 aromatic carbocycles. The Bertz CT molecular complexity index is 1270. The maximum absolute atomic E-state index is 12.9. The summed E-state index contributed by atoms with van der Waals surface area (Å²) in [6.07, 6.45) is 6.72. The first kappa shape index (κ1) is 26.5. The molecule has 184 valence electrons. The smallest absolute Gasteiger partial charge is 0.341 e. The molecule has 0 spiro atoms. The molecular formula is C24H29Cl2N3O4S. The van der Waals surface area contributed by atoms with Gasteiger partial charge < -0.3 is 25.5 Å². The maximum Gasteiger partial charge on any atom is 0.341 e. The van der Waals surface area contributed by atoms with Gasteiger partial charge in [-0.25, -0.2) is 4.79 Å². The van der Waals surface area contributed by atoms with Crippen LogP contribution < -0.4 is 21.2 Å². The number of thiophene rings is 1. The topological polar surface area (TPSA) is 107 Å². The molecule has 2 aliphatic carbocycles. The molecule has 34 heavy (non-hydrogen) atoms. The zero-order chi connectivity index (χ0) is 22.4. The standard InChI is InChI=1S/C24H27N3O4S.2ClH/c1-31-23-14(20-11-16-18(26-10-9-25)3-2-4-19(16)32-20)7-8-15-21(23)27(13-5-6-13)12-17(22(15)28)24(29)30;;/h7-8,11-13,18,26H,2-6,9-10,25H2,1H3,(H,29,30);2*1H. The maximum atomic E-state index is 12.9. The first-order chi connectivity index (χ1) is 15.5. The predicted octanol–water partition coefficient (Wildman–Crippen LogP) is 4.54. The Hall–Kier alpha value is -2.10. The first-order valence-electron chi connectivity index (χ1n) is 11.1. The van der Waals surface area contributed by atoms with Crippen LogP contribution >= 0.6 is 36.2 Å². The van der Waals surface area contributed by atoms with Crippen LogP contribution in [0.2, 0.25) is 0 Å². The van der Waals surface area contributed by atoms with E-state index < -0.39 is 11.4 Å². The van der Waals surface area contributed by atoms with E-state index in [1.165, 1.54) is 16.6 Å². The van der Waals surface area contributed by atoms with E-state index in [2.05, 4.69) is 11.4 Å². The summed E-state index contributed by atoms with van der Waals surface area (Å²) in [4.78, 5) is 27.1. The van der Waals surface area contributed by atoms with Crippen molar-refractivity contribution in [2.24, 2.45) is 5.73 Å². The van der Waals surface area contributed by atoms with Crippen molar-refractivity contribution in [2.45, 2.75) is 44.2 Å². The molecule has 5 rings (SSSR count). The highest BCUT2D eigenvalue weighted by Gasteiger charge is 2.30. The number of fused-ring (bicyclic) bond motifs is 2. The molecule has 0 bridgehead atoms. The van der Waals surface area contributed by atoms with Crippen LogP contribution in [0.5, 0.6) is 5.75 Å². The van der Waals surface area contributed by atoms with Crippen molar-refractivity contribution >= 4 is 53.0 Å². The third kappa shape index (κ3) is 4.57. The molecule has 3 aromatic rings. The number of ether oxygens (including phenoxy) is 1. The van der Waals surface area contributed by atoms with Gasteiger partial charge in [0.15, 0.2) is 5.75 Å². The lowest BCUT2D eigenvalue weighted by molar-refractivity contribution is 0.0695. The molecule has 10 heteroatoms. The van der Waals surface area contributed by atoms with Gasteiger partial charge in [0.2, 0.25) is 5.43 Å². The lowest BCUT2D eigenvalue weighted by Crippen LogP contribution is -2.29. The van der Waals surface area contributed by atoms with Crippen LogP contribution in [0.4, 0.5) is 0 Å². The number of methoxy groups -OCH3 is 1. The van der Waals surface area contributed by atoms with Gasteiger partial charge in [0.25, 0.3) is 0 Å². The van der Waals surface area contributed by atoms with E-state index in [1.54, 1.807) is 24.5 Å². The number of nitrogens with zero attached hydrogens (tertiary/aromatic N) is 1. The van der Waals surface area contributed by atoms with Crippen LogP contribution in [0.1, 0.15) is 58.6 Å². The monoisotopic (exact) mass is 525 g/mol. The number of halogens is 2. The highest BCUT2D eigenvalue weighted by atomic mass is 35.5. The summed E-state index contributed by atoms with van der Waals surface area (Å²) < 4.78 is 7.81. The molecule has 2 aliphatic rings. The third-order valence-corrected chi connectivity index (χ3v) is 7.68. The van der Waals surface area contributed by atoms with Crippen LogP contribution in [0, 0.1) is 0 Å². The molecule has 0 saturated heterocycles. The molecule has 2 heterocycles. The predicted molar refractivity (Wildman–Crippen MR) is 141 cm³/mol. The van der Waals surface area contributed by atoms with E-state index in [9.17, 15) is 14.7 Å². The van der Waals surface area contributed by atoms with Gasteiger partial charge >= 0.3 is 5.97 Å². The average Bonchev–Trinajstić information content (AvgIpc) is 3.54. The zero-order valence-electron chi connectivity index (χ0n) is 18.8. The molecule has 0 amide bonds. The fourth-order valence-electron chi connectivity index (χ4n) is 4.77. The van der Waals surface area contributed by atoms with Crippen molar-refractivity contribution in [1.82, 2.24) is 9.88 Å². The number of nitrogens with one attached hydrogen (secondary N) is 1. The SMILES string of the molecule is COc1c(-c2cc3c(s2)CCCC3NCCN)ccc2c(=O)c(C(=O)O)cn(C3CC3)c12.Cl.Cl. The Labute approximate surface area is 214 Å². The highest BCUT2D eigenvalue weighted by Crippen LogP contribution is 2.46. The number of hydrogen-bond acceptors (Lipinski definition) is 6. The van der Waals surface area contributed by atoms with Gasteiger partial charge in [-0.2, -0.15) is 0 Å². The Balaban J connectivity index is 0.00000162. The number of rotatable bonds is 7. The largest absolute Gasteiger partial charge is 0.494 e. The minimum absolute atomic E-state index is 0. The summed E-state index contributed by atoms with van der Waals surface area (Å²) in [5, 5.41) is 13.5. The minimum Gasteiger partial charge on any atom is -0.494 e. The van der Waals surface area contributed by atoms with Crippen LogP contribution in [0.15, 0.2) is 29.2 Å². The number of aromatic nitrogens is 1. The average molecular weight is 526 g/mol. The van der Waals surface area contributed by atoms with Crippen molar-refractivity contribution in [1.29, 1.82) is 0 Å². The van der Waals surface area contributed by atoms with Crippen molar-refractivity contribution in [2.75, 3.05) is 20.2 Å². The second kappa shape index (κ2) is 10.7. The molecule has 7 nitrogen and oxygen atoms in total. The molecule has 1 unspecified atom stereocenters. The number of pyridine rings is 1. The van der Waals surface area contributed by atoms with Gasteiger partial charge in [0.1, 0.15) is 5.56 Å². The number of carboxylic acids is 1. The molecule has 0 radical (unpaired) electrons. The Morgan fingerprint density at radius 3 is 2.71 bits per heavy atom. The van der Waals surface area contributed by atoms with Gasteiger partial charge in [-0.15, -0.1) is 36.2 Å². The molecule has 1 saturated carbocycles. The van der Waals surface area contributed by atoms with Crippen LogP contribution in [-0.2, 0) is 6.42 Å². The summed E-state index contributed by atoms with van der Waals surface area (Å²) in [5.74, 6) is -0.565. The summed E-state index contributed by atoms with van der Waals surface area (Å²) in [6, 6.07) is 6.39. The lowest BCUT2D eigenvalue weighted by atomic mass is 9.93. The molecule has 2 aromatic heterocycles. The van der Waals surface area contributed by atoms with Gasteiger partial charge in [0, 0.05) is 46.7 Å². The number of carbonyl (C=O) groups is 1. The van der Waals surface area contributed by atoms with Crippen LogP contribution in [0.25, 0.3) is 21.3 Å².